The van der Waals surface area contributed by atoms with Gasteiger partial charge in [0.05, 0.1) is 4.43 Å². The molecule has 0 saturated heterocycles. The number of nitrogens with one attached hydrogen (secondary N) is 1. The minimum atomic E-state index is -1.11. The quantitative estimate of drug-likeness (QED) is 0.275. The van der Waals surface area contributed by atoms with E-state index in [1.54, 1.807) is 0 Å². The molecule has 0 aromatic carbocycles. The van der Waals surface area contributed by atoms with E-state index in [9.17, 15) is 4.79 Å². The first-order chi connectivity index (χ1) is 3.77. The number of hydrogen-bond acceptors (Lipinski definition) is 1. The third kappa shape index (κ3) is 5.56. The van der Waals surface area contributed by atoms with Crippen LogP contribution in [-0.2, 0) is 0 Å². The van der Waals surface area contributed by atoms with Crippen molar-refractivity contribution in [3.63, 3.8) is 0 Å². The van der Waals surface area contributed by atoms with Gasteiger partial charge < -0.3 is 5.11 Å². The Morgan fingerprint density at radius 2 is 2.50 bits per heavy atom. The van der Waals surface area contributed by atoms with Crippen molar-refractivity contribution in [2.24, 2.45) is 0 Å². The topological polar surface area (TPSA) is 49.3 Å². The Balaban J connectivity index is 3.29. The molecular formula is C4H4INO2. The van der Waals surface area contributed by atoms with Gasteiger partial charge in [-0.3, -0.25) is 0 Å². The normalized spacial score (nSPS) is 6.62. The van der Waals surface area contributed by atoms with E-state index in [0.29, 0.717) is 4.43 Å². The molecule has 0 heterocycles. The molecule has 4 heteroatoms. The molecular weight excluding hydrogens is 221 g/mol. The lowest BCUT2D eigenvalue weighted by Crippen LogP contribution is -2.13. The lowest BCUT2D eigenvalue weighted by atomic mass is 10.8. The first kappa shape index (κ1) is 7.56. The summed E-state index contributed by atoms with van der Waals surface area (Å²) in [5, 5.41) is 9.82. The van der Waals surface area contributed by atoms with Crippen molar-refractivity contribution in [2.75, 3.05) is 4.43 Å². The predicted molar refractivity (Wildman–Crippen MR) is 37.8 cm³/mol. The van der Waals surface area contributed by atoms with Gasteiger partial charge in [0.2, 0.25) is 0 Å². The van der Waals surface area contributed by atoms with E-state index in [1.165, 1.54) is 0 Å². The third-order valence-electron chi connectivity index (χ3n) is 0.325. The molecule has 0 spiro atoms. The molecule has 0 bridgehead atoms. The standard InChI is InChI=1S/C4H4INO2/c5-2-1-3-6-4(7)8/h6H,2H2,(H,7,8). The van der Waals surface area contributed by atoms with Gasteiger partial charge in [0, 0.05) is 6.04 Å². The highest BCUT2D eigenvalue weighted by Crippen LogP contribution is 1.72. The lowest BCUT2D eigenvalue weighted by Gasteiger charge is -1.80. The van der Waals surface area contributed by atoms with E-state index >= 15 is 0 Å². The fraction of sp³-hybridized carbons (Fsp3) is 0.250. The van der Waals surface area contributed by atoms with Crippen LogP contribution in [0.1, 0.15) is 0 Å². The maximum absolute atomic E-state index is 9.66. The van der Waals surface area contributed by atoms with E-state index in [1.807, 2.05) is 27.9 Å². The number of rotatable bonds is 0. The molecule has 0 rings (SSSR count). The number of amides is 1. The minimum Gasteiger partial charge on any atom is -0.464 e. The van der Waals surface area contributed by atoms with E-state index in [-0.39, 0.29) is 0 Å². The van der Waals surface area contributed by atoms with Crippen molar-refractivity contribution in [3.8, 4) is 12.0 Å². The van der Waals surface area contributed by atoms with Crippen LogP contribution in [0.5, 0.6) is 0 Å². The molecule has 0 radical (unpaired) electrons. The summed E-state index contributed by atoms with van der Waals surface area (Å²) >= 11 is 2.03. The van der Waals surface area contributed by atoms with Crippen molar-refractivity contribution in [3.05, 3.63) is 0 Å². The molecule has 8 heavy (non-hydrogen) atoms. The fourth-order valence-electron chi connectivity index (χ4n) is 0.131. The zero-order valence-electron chi connectivity index (χ0n) is 3.94. The lowest BCUT2D eigenvalue weighted by molar-refractivity contribution is 0.199. The number of carboxylic acid groups (broad SMARTS) is 1. The molecule has 0 aromatic rings. The summed E-state index contributed by atoms with van der Waals surface area (Å²) in [6.07, 6.45) is -1.11. The van der Waals surface area contributed by atoms with Crippen LogP contribution < -0.4 is 5.32 Å². The molecule has 0 saturated carbocycles. The summed E-state index contributed by atoms with van der Waals surface area (Å²) in [6, 6.07) is 2.23. The monoisotopic (exact) mass is 225 g/mol. The molecule has 44 valence electrons. The van der Waals surface area contributed by atoms with E-state index in [4.69, 9.17) is 5.11 Å². The average molecular weight is 225 g/mol. The Bertz CT molecular complexity index is 135. The summed E-state index contributed by atoms with van der Waals surface area (Å²) in [5.74, 6) is 2.52. The molecule has 3 nitrogen and oxygen atoms in total. The van der Waals surface area contributed by atoms with Crippen LogP contribution in [-0.4, -0.2) is 15.6 Å². The predicted octanol–water partition coefficient (Wildman–Crippen LogP) is 0.650. The maximum Gasteiger partial charge on any atom is 0.416 e. The van der Waals surface area contributed by atoms with Crippen LogP contribution in [0, 0.1) is 12.0 Å². The van der Waals surface area contributed by atoms with E-state index < -0.39 is 6.09 Å². The third-order valence-corrected chi connectivity index (χ3v) is 0.706. The molecule has 0 aliphatic carbocycles. The summed E-state index contributed by atoms with van der Waals surface area (Å²) in [6.45, 7) is 0. The van der Waals surface area contributed by atoms with Gasteiger partial charge in [-0.25, -0.2) is 10.1 Å². The molecule has 0 aromatic heterocycles. The molecule has 0 fully saturated rings. The fourth-order valence-corrected chi connectivity index (χ4v) is 0.322. The Labute approximate surface area is 60.6 Å². The smallest absolute Gasteiger partial charge is 0.416 e. The number of carbonyl (C=O) groups is 1. The Hall–Kier alpha value is -0.440. The van der Waals surface area contributed by atoms with Crippen LogP contribution >= 0.6 is 22.6 Å². The van der Waals surface area contributed by atoms with Crippen molar-refractivity contribution < 1.29 is 9.90 Å². The highest BCUT2D eigenvalue weighted by atomic mass is 127. The Morgan fingerprint density at radius 3 is 2.88 bits per heavy atom. The van der Waals surface area contributed by atoms with Gasteiger partial charge in [0.15, 0.2) is 0 Å². The Kier molecular flexibility index (Phi) is 4.45. The zero-order valence-corrected chi connectivity index (χ0v) is 6.10. The molecule has 0 atom stereocenters. The van der Waals surface area contributed by atoms with Crippen molar-refractivity contribution in [1.82, 2.24) is 5.32 Å². The first-order valence-electron chi connectivity index (χ1n) is 1.80. The molecule has 0 aliphatic rings. The van der Waals surface area contributed by atoms with Crippen LogP contribution in [0.3, 0.4) is 0 Å². The highest BCUT2D eigenvalue weighted by molar-refractivity contribution is 14.1. The second-order valence-electron chi connectivity index (χ2n) is 0.866. The van der Waals surface area contributed by atoms with Crippen LogP contribution in [0.4, 0.5) is 4.79 Å². The summed E-state index contributed by atoms with van der Waals surface area (Å²) < 4.78 is 0.637. The van der Waals surface area contributed by atoms with Gasteiger partial charge in [0.1, 0.15) is 0 Å². The Morgan fingerprint density at radius 1 is 1.88 bits per heavy atom. The minimum absolute atomic E-state index is 0.637. The summed E-state index contributed by atoms with van der Waals surface area (Å²) in [4.78, 5) is 9.66. The second-order valence-corrected chi connectivity index (χ2v) is 1.63. The molecule has 0 aliphatic heterocycles. The van der Waals surface area contributed by atoms with Gasteiger partial charge in [-0.15, -0.1) is 0 Å². The summed E-state index contributed by atoms with van der Waals surface area (Å²) in [5.41, 5.74) is 0. The maximum atomic E-state index is 9.66. The number of hydrogen-bond donors (Lipinski definition) is 2. The number of halogens is 1. The average Bonchev–Trinajstić information content (AvgIpc) is 1.66. The van der Waals surface area contributed by atoms with Crippen LogP contribution in [0.15, 0.2) is 0 Å². The van der Waals surface area contributed by atoms with Crippen LogP contribution in [0.2, 0.25) is 0 Å². The van der Waals surface area contributed by atoms with Gasteiger partial charge in [-0.2, -0.15) is 0 Å². The molecule has 0 unspecified atom stereocenters. The SMILES string of the molecule is O=C(O)NC#CCI. The van der Waals surface area contributed by atoms with Crippen LogP contribution in [0.25, 0.3) is 0 Å². The zero-order chi connectivity index (χ0) is 6.41. The second kappa shape index (κ2) is 4.71. The van der Waals surface area contributed by atoms with E-state index in [2.05, 4.69) is 12.0 Å². The van der Waals surface area contributed by atoms with E-state index in [0.717, 1.165) is 0 Å². The highest BCUT2D eigenvalue weighted by Gasteiger charge is 1.82. The first-order valence-corrected chi connectivity index (χ1v) is 3.32. The molecule has 1 amide bonds. The van der Waals surface area contributed by atoms with Gasteiger partial charge in [-0.05, 0) is 0 Å². The van der Waals surface area contributed by atoms with Gasteiger partial charge in [0.25, 0.3) is 0 Å². The largest absolute Gasteiger partial charge is 0.464 e. The van der Waals surface area contributed by atoms with Gasteiger partial charge in [-0.1, -0.05) is 28.5 Å². The van der Waals surface area contributed by atoms with Crippen molar-refractivity contribution in [2.45, 2.75) is 0 Å². The van der Waals surface area contributed by atoms with Crippen molar-refractivity contribution in [1.29, 1.82) is 0 Å². The molecule has 2 N–H and O–H groups in total. The van der Waals surface area contributed by atoms with Gasteiger partial charge >= 0.3 is 6.09 Å². The number of alkyl halides is 1. The van der Waals surface area contributed by atoms with Crippen molar-refractivity contribution >= 4 is 28.7 Å². The summed E-state index contributed by atoms with van der Waals surface area (Å²) in [7, 11) is 0.